The Morgan fingerprint density at radius 2 is 1.95 bits per heavy atom. The van der Waals surface area contributed by atoms with E-state index in [0.29, 0.717) is 0 Å². The molecule has 0 fully saturated rings. The van der Waals surface area contributed by atoms with Crippen molar-refractivity contribution in [2.45, 2.75) is 4.90 Å². The maximum atomic E-state index is 12.1. The third kappa shape index (κ3) is 3.09. The standard InChI is InChI=1S/C10H9ClN4O3S/c1-18-9-8(3-2-4-12-9)15-19(16,17)7-5-13-10(11)14-6-7/h2-6,15H,1H3. The van der Waals surface area contributed by atoms with Crippen LogP contribution in [0.5, 0.6) is 5.88 Å². The molecule has 0 saturated heterocycles. The first-order valence-corrected chi connectivity index (χ1v) is 6.88. The van der Waals surface area contributed by atoms with Crippen molar-refractivity contribution in [2.75, 3.05) is 11.8 Å². The highest BCUT2D eigenvalue weighted by Gasteiger charge is 2.17. The maximum Gasteiger partial charge on any atom is 0.265 e. The Kier molecular flexibility index (Phi) is 3.82. The highest BCUT2D eigenvalue weighted by Crippen LogP contribution is 2.23. The predicted molar refractivity (Wildman–Crippen MR) is 68.6 cm³/mol. The summed E-state index contributed by atoms with van der Waals surface area (Å²) in [5, 5.41) is -0.0297. The van der Waals surface area contributed by atoms with E-state index in [-0.39, 0.29) is 21.7 Å². The minimum absolute atomic E-state index is 0.0297. The van der Waals surface area contributed by atoms with Crippen LogP contribution >= 0.6 is 11.6 Å². The van der Waals surface area contributed by atoms with E-state index in [4.69, 9.17) is 16.3 Å². The van der Waals surface area contributed by atoms with Crippen molar-refractivity contribution in [2.24, 2.45) is 0 Å². The van der Waals surface area contributed by atoms with Gasteiger partial charge in [0.1, 0.15) is 10.6 Å². The summed E-state index contributed by atoms with van der Waals surface area (Å²) < 4.78 is 31.4. The minimum atomic E-state index is -3.82. The Labute approximate surface area is 114 Å². The molecular weight excluding hydrogens is 292 g/mol. The lowest BCUT2D eigenvalue weighted by Gasteiger charge is -2.09. The van der Waals surface area contributed by atoms with Crippen molar-refractivity contribution in [3.8, 4) is 5.88 Å². The molecule has 0 atom stereocenters. The summed E-state index contributed by atoms with van der Waals surface area (Å²) in [7, 11) is -2.42. The van der Waals surface area contributed by atoms with Crippen molar-refractivity contribution < 1.29 is 13.2 Å². The molecule has 2 rings (SSSR count). The first-order chi connectivity index (χ1) is 9.03. The molecule has 0 radical (unpaired) electrons. The molecule has 9 heteroatoms. The summed E-state index contributed by atoms with van der Waals surface area (Å²) in [4.78, 5) is 11.0. The quantitative estimate of drug-likeness (QED) is 0.856. The Morgan fingerprint density at radius 3 is 2.58 bits per heavy atom. The van der Waals surface area contributed by atoms with Crippen LogP contribution in [0.2, 0.25) is 5.28 Å². The van der Waals surface area contributed by atoms with Gasteiger partial charge in [0.2, 0.25) is 11.2 Å². The van der Waals surface area contributed by atoms with Crippen LogP contribution in [0.15, 0.2) is 35.6 Å². The summed E-state index contributed by atoms with van der Waals surface area (Å²) in [6.45, 7) is 0. The summed E-state index contributed by atoms with van der Waals surface area (Å²) in [5.74, 6) is 0.168. The van der Waals surface area contributed by atoms with Gasteiger partial charge in [0.15, 0.2) is 0 Å². The number of halogens is 1. The molecule has 2 aromatic rings. The van der Waals surface area contributed by atoms with Crippen molar-refractivity contribution in [3.05, 3.63) is 36.0 Å². The fourth-order valence-electron chi connectivity index (χ4n) is 1.27. The first kappa shape index (κ1) is 13.5. The first-order valence-electron chi connectivity index (χ1n) is 5.02. The molecule has 1 N–H and O–H groups in total. The number of ether oxygens (including phenoxy) is 1. The average molecular weight is 301 g/mol. The number of rotatable bonds is 4. The van der Waals surface area contributed by atoms with E-state index in [9.17, 15) is 8.42 Å². The topological polar surface area (TPSA) is 94.1 Å². The molecule has 0 aliphatic rings. The van der Waals surface area contributed by atoms with E-state index < -0.39 is 10.0 Å². The van der Waals surface area contributed by atoms with Gasteiger partial charge in [0.05, 0.1) is 19.5 Å². The van der Waals surface area contributed by atoms with Crippen molar-refractivity contribution in [1.82, 2.24) is 15.0 Å². The molecule has 0 bridgehead atoms. The lowest BCUT2D eigenvalue weighted by Crippen LogP contribution is -2.14. The van der Waals surface area contributed by atoms with Gasteiger partial charge in [-0.15, -0.1) is 0 Å². The molecule has 0 unspecified atom stereocenters. The zero-order chi connectivity index (χ0) is 13.9. The lowest BCUT2D eigenvalue weighted by molar-refractivity contribution is 0.400. The highest BCUT2D eigenvalue weighted by atomic mass is 35.5. The van der Waals surface area contributed by atoms with Gasteiger partial charge in [-0.25, -0.2) is 23.4 Å². The molecule has 2 aromatic heterocycles. The van der Waals surface area contributed by atoms with E-state index >= 15 is 0 Å². The van der Waals surface area contributed by atoms with Crippen LogP contribution in [0, 0.1) is 0 Å². The minimum Gasteiger partial charge on any atom is -0.480 e. The molecule has 0 amide bonds. The van der Waals surface area contributed by atoms with Gasteiger partial charge in [-0.1, -0.05) is 0 Å². The number of nitrogens with one attached hydrogen (secondary N) is 1. The normalized spacial score (nSPS) is 11.1. The van der Waals surface area contributed by atoms with Crippen LogP contribution in [-0.2, 0) is 10.0 Å². The number of methoxy groups -OCH3 is 1. The number of sulfonamides is 1. The summed E-state index contributed by atoms with van der Waals surface area (Å²) in [6, 6.07) is 3.11. The molecular formula is C10H9ClN4O3S. The number of pyridine rings is 1. The third-order valence-corrected chi connectivity index (χ3v) is 3.63. The van der Waals surface area contributed by atoms with E-state index in [0.717, 1.165) is 12.4 Å². The summed E-state index contributed by atoms with van der Waals surface area (Å²) in [6.07, 6.45) is 3.71. The van der Waals surface area contributed by atoms with Crippen molar-refractivity contribution in [1.29, 1.82) is 0 Å². The number of anilines is 1. The SMILES string of the molecule is COc1ncccc1NS(=O)(=O)c1cnc(Cl)nc1. The van der Waals surface area contributed by atoms with Gasteiger partial charge < -0.3 is 4.74 Å². The van der Waals surface area contributed by atoms with Gasteiger partial charge in [0.25, 0.3) is 10.0 Å². The van der Waals surface area contributed by atoms with E-state index in [1.807, 2.05) is 0 Å². The number of nitrogens with zero attached hydrogens (tertiary/aromatic N) is 3. The Morgan fingerprint density at radius 1 is 1.26 bits per heavy atom. The van der Waals surface area contributed by atoms with Crippen LogP contribution in [0.25, 0.3) is 0 Å². The molecule has 2 heterocycles. The molecule has 0 aliphatic heterocycles. The average Bonchev–Trinajstić information content (AvgIpc) is 2.39. The second-order valence-corrected chi connectivity index (χ2v) is 5.37. The highest BCUT2D eigenvalue weighted by molar-refractivity contribution is 7.92. The van der Waals surface area contributed by atoms with Gasteiger partial charge >= 0.3 is 0 Å². The second kappa shape index (κ2) is 5.37. The maximum absolute atomic E-state index is 12.1. The lowest BCUT2D eigenvalue weighted by atomic mass is 10.4. The van der Waals surface area contributed by atoms with Crippen LogP contribution in [0.3, 0.4) is 0 Å². The van der Waals surface area contributed by atoms with Crippen LogP contribution in [0.1, 0.15) is 0 Å². The van der Waals surface area contributed by atoms with Gasteiger partial charge in [-0.2, -0.15) is 0 Å². The summed E-state index contributed by atoms with van der Waals surface area (Å²) in [5.41, 5.74) is 0.222. The monoisotopic (exact) mass is 300 g/mol. The van der Waals surface area contributed by atoms with E-state index in [1.54, 1.807) is 6.07 Å². The largest absolute Gasteiger partial charge is 0.480 e. The Hall–Kier alpha value is -1.93. The van der Waals surface area contributed by atoms with E-state index in [2.05, 4.69) is 19.7 Å². The van der Waals surface area contributed by atoms with Gasteiger partial charge in [-0.05, 0) is 23.7 Å². The fraction of sp³-hybridized carbons (Fsp3) is 0.100. The zero-order valence-electron chi connectivity index (χ0n) is 9.74. The molecule has 0 spiro atoms. The molecule has 7 nitrogen and oxygen atoms in total. The van der Waals surface area contributed by atoms with Crippen molar-refractivity contribution in [3.63, 3.8) is 0 Å². The molecule has 0 saturated carbocycles. The molecule has 0 aromatic carbocycles. The molecule has 0 aliphatic carbocycles. The van der Waals surface area contributed by atoms with Gasteiger partial charge in [0, 0.05) is 6.20 Å². The zero-order valence-corrected chi connectivity index (χ0v) is 11.3. The second-order valence-electron chi connectivity index (χ2n) is 3.35. The number of hydrogen-bond acceptors (Lipinski definition) is 6. The third-order valence-electron chi connectivity index (χ3n) is 2.12. The van der Waals surface area contributed by atoms with Gasteiger partial charge in [-0.3, -0.25) is 4.72 Å². The molecule has 19 heavy (non-hydrogen) atoms. The number of hydrogen-bond donors (Lipinski definition) is 1. The van der Waals surface area contributed by atoms with Crippen LogP contribution < -0.4 is 9.46 Å². The van der Waals surface area contributed by atoms with Crippen LogP contribution in [0.4, 0.5) is 5.69 Å². The van der Waals surface area contributed by atoms with E-state index in [1.165, 1.54) is 19.4 Å². The summed E-state index contributed by atoms with van der Waals surface area (Å²) >= 11 is 5.50. The fourth-order valence-corrected chi connectivity index (χ4v) is 2.32. The van der Waals surface area contributed by atoms with Crippen molar-refractivity contribution >= 4 is 27.3 Å². The predicted octanol–water partition coefficient (Wildman–Crippen LogP) is 1.33. The molecule has 100 valence electrons. The number of aromatic nitrogens is 3. The smallest absolute Gasteiger partial charge is 0.265 e. The Bertz CT molecular complexity index is 675. The van der Waals surface area contributed by atoms with Crippen LogP contribution in [-0.4, -0.2) is 30.5 Å². The Balaban J connectivity index is 2.34.